The van der Waals surface area contributed by atoms with Crippen molar-refractivity contribution in [3.05, 3.63) is 66.4 Å². The lowest BCUT2D eigenvalue weighted by Crippen LogP contribution is -1.94. The molecule has 5 aromatic rings. The molecule has 0 aliphatic carbocycles. The van der Waals surface area contributed by atoms with Crippen LogP contribution in [-0.2, 0) is 7.05 Å². The number of H-pyrrole nitrogens is 1. The van der Waals surface area contributed by atoms with Crippen LogP contribution >= 0.6 is 0 Å². The van der Waals surface area contributed by atoms with Crippen LogP contribution in [0.5, 0.6) is 11.6 Å². The van der Waals surface area contributed by atoms with E-state index in [1.165, 1.54) is 0 Å². The van der Waals surface area contributed by atoms with Crippen LogP contribution in [0.15, 0.2) is 60.8 Å². The van der Waals surface area contributed by atoms with Crippen LogP contribution in [0.3, 0.4) is 0 Å². The van der Waals surface area contributed by atoms with E-state index >= 15 is 0 Å². The van der Waals surface area contributed by atoms with Crippen LogP contribution in [0.1, 0.15) is 5.56 Å². The number of fused-ring (bicyclic) bond motifs is 2. The molecule has 2 aromatic carbocycles. The number of aromatic amines is 1. The molecule has 0 saturated carbocycles. The van der Waals surface area contributed by atoms with Gasteiger partial charge in [-0.05, 0) is 54.6 Å². The maximum absolute atomic E-state index is 8.92. The summed E-state index contributed by atoms with van der Waals surface area (Å²) in [4.78, 5) is 4.37. The molecule has 3 aromatic heterocycles. The van der Waals surface area contributed by atoms with Gasteiger partial charge in [0.1, 0.15) is 11.3 Å². The standard InChI is InChI=1S/C21H15N7O/c1-28-18-11-14(24-20-19-17(25-26-20)3-2-10-23-19)6-9-16(18)21(27-28)29-15-7-4-13(12-22)5-8-15/h2-11H,1H3,(H2,24,25,26). The highest BCUT2D eigenvalue weighted by Crippen LogP contribution is 2.32. The van der Waals surface area contributed by atoms with Crippen LogP contribution in [0.25, 0.3) is 21.9 Å². The number of hydrogen-bond donors (Lipinski definition) is 2. The zero-order valence-electron chi connectivity index (χ0n) is 15.4. The van der Waals surface area contributed by atoms with Crippen molar-refractivity contribution in [3.63, 3.8) is 0 Å². The fourth-order valence-electron chi connectivity index (χ4n) is 3.16. The van der Waals surface area contributed by atoms with E-state index in [0.29, 0.717) is 23.0 Å². The summed E-state index contributed by atoms with van der Waals surface area (Å²) in [6.45, 7) is 0. The van der Waals surface area contributed by atoms with Crippen molar-refractivity contribution in [1.29, 1.82) is 5.26 Å². The van der Waals surface area contributed by atoms with E-state index in [-0.39, 0.29) is 0 Å². The Morgan fingerprint density at radius 3 is 2.83 bits per heavy atom. The Bertz CT molecular complexity index is 1380. The lowest BCUT2D eigenvalue weighted by molar-refractivity contribution is 0.458. The maximum Gasteiger partial charge on any atom is 0.246 e. The number of nitrogens with one attached hydrogen (secondary N) is 2. The summed E-state index contributed by atoms with van der Waals surface area (Å²) in [6, 6.07) is 18.7. The molecule has 2 N–H and O–H groups in total. The monoisotopic (exact) mass is 381 g/mol. The molecule has 0 aliphatic heterocycles. The predicted octanol–water partition coefficient (Wildman–Crippen LogP) is 4.25. The number of nitrogens with zero attached hydrogens (tertiary/aromatic N) is 5. The average molecular weight is 381 g/mol. The molecule has 3 heterocycles. The van der Waals surface area contributed by atoms with Gasteiger partial charge in [0.2, 0.25) is 5.88 Å². The number of aromatic nitrogens is 5. The third-order valence-electron chi connectivity index (χ3n) is 4.60. The van der Waals surface area contributed by atoms with Gasteiger partial charge < -0.3 is 10.1 Å². The maximum atomic E-state index is 8.92. The zero-order valence-corrected chi connectivity index (χ0v) is 15.4. The molecule has 8 nitrogen and oxygen atoms in total. The molecule has 0 spiro atoms. The average Bonchev–Trinajstić information content (AvgIpc) is 3.30. The van der Waals surface area contributed by atoms with Crippen molar-refractivity contribution in [2.45, 2.75) is 0 Å². The minimum atomic E-state index is 0.505. The first-order valence-corrected chi connectivity index (χ1v) is 8.92. The molecular weight excluding hydrogens is 366 g/mol. The molecule has 0 bridgehead atoms. The second-order valence-electron chi connectivity index (χ2n) is 6.50. The number of ether oxygens (including phenoxy) is 1. The van der Waals surface area contributed by atoms with Crippen LogP contribution in [0, 0.1) is 11.3 Å². The molecular formula is C21H15N7O. The lowest BCUT2D eigenvalue weighted by atomic mass is 10.2. The van der Waals surface area contributed by atoms with Crippen molar-refractivity contribution in [2.24, 2.45) is 7.05 Å². The Labute approximate surface area is 165 Å². The summed E-state index contributed by atoms with van der Waals surface area (Å²) in [5, 5.41) is 24.8. The largest absolute Gasteiger partial charge is 0.437 e. The highest BCUT2D eigenvalue weighted by Gasteiger charge is 2.13. The normalized spacial score (nSPS) is 10.9. The van der Waals surface area contributed by atoms with Crippen molar-refractivity contribution >= 4 is 33.4 Å². The molecule has 5 rings (SSSR count). The Kier molecular flexibility index (Phi) is 3.85. The van der Waals surface area contributed by atoms with Crippen LogP contribution in [0.2, 0.25) is 0 Å². The van der Waals surface area contributed by atoms with Crippen molar-refractivity contribution < 1.29 is 4.74 Å². The fraction of sp³-hybridized carbons (Fsp3) is 0.0476. The van der Waals surface area contributed by atoms with E-state index in [0.717, 1.165) is 27.6 Å². The SMILES string of the molecule is Cn1nc(Oc2ccc(C#N)cc2)c2ccc(Nc3n[nH]c4cccnc34)cc21. The molecule has 0 fully saturated rings. The van der Waals surface area contributed by atoms with Gasteiger partial charge in [-0.15, -0.1) is 5.10 Å². The number of hydrogen-bond acceptors (Lipinski definition) is 6. The van der Waals surface area contributed by atoms with E-state index in [1.54, 1.807) is 35.1 Å². The molecule has 140 valence electrons. The third kappa shape index (κ3) is 3.00. The first kappa shape index (κ1) is 16.8. The molecule has 0 aliphatic rings. The molecule has 0 unspecified atom stereocenters. The highest BCUT2D eigenvalue weighted by atomic mass is 16.5. The number of aryl methyl sites for hydroxylation is 1. The number of benzene rings is 2. The summed E-state index contributed by atoms with van der Waals surface area (Å²) in [7, 11) is 1.86. The Hall–Kier alpha value is -4.38. The van der Waals surface area contributed by atoms with Crippen molar-refractivity contribution in [1.82, 2.24) is 25.0 Å². The predicted molar refractivity (Wildman–Crippen MR) is 109 cm³/mol. The van der Waals surface area contributed by atoms with E-state index in [1.807, 2.05) is 37.4 Å². The van der Waals surface area contributed by atoms with E-state index < -0.39 is 0 Å². The minimum absolute atomic E-state index is 0.505. The topological polar surface area (TPSA) is 104 Å². The lowest BCUT2D eigenvalue weighted by Gasteiger charge is -2.05. The summed E-state index contributed by atoms with van der Waals surface area (Å²) in [5.74, 6) is 1.79. The van der Waals surface area contributed by atoms with Gasteiger partial charge in [0.15, 0.2) is 5.82 Å². The first-order chi connectivity index (χ1) is 14.2. The summed E-state index contributed by atoms with van der Waals surface area (Å²) >= 11 is 0. The molecule has 0 radical (unpaired) electrons. The molecule has 0 atom stereocenters. The Morgan fingerprint density at radius 2 is 2.00 bits per heavy atom. The van der Waals surface area contributed by atoms with Gasteiger partial charge in [-0.2, -0.15) is 10.4 Å². The quantitative estimate of drug-likeness (QED) is 0.482. The summed E-state index contributed by atoms with van der Waals surface area (Å²) in [6.07, 6.45) is 1.74. The van der Waals surface area contributed by atoms with Gasteiger partial charge in [0.25, 0.3) is 0 Å². The van der Waals surface area contributed by atoms with Crippen molar-refractivity contribution in [2.75, 3.05) is 5.32 Å². The zero-order chi connectivity index (χ0) is 19.8. The van der Waals surface area contributed by atoms with Gasteiger partial charge >= 0.3 is 0 Å². The van der Waals surface area contributed by atoms with Gasteiger partial charge in [0.05, 0.1) is 28.1 Å². The van der Waals surface area contributed by atoms with Crippen LogP contribution in [0.4, 0.5) is 11.5 Å². The van der Waals surface area contributed by atoms with Crippen LogP contribution < -0.4 is 10.1 Å². The van der Waals surface area contributed by atoms with Crippen molar-refractivity contribution in [3.8, 4) is 17.7 Å². The second-order valence-corrected chi connectivity index (χ2v) is 6.50. The van der Waals surface area contributed by atoms with Crippen LogP contribution in [-0.4, -0.2) is 25.0 Å². The fourth-order valence-corrected chi connectivity index (χ4v) is 3.16. The molecule has 0 amide bonds. The van der Waals surface area contributed by atoms with Gasteiger partial charge in [-0.25, -0.2) is 0 Å². The van der Waals surface area contributed by atoms with E-state index in [2.05, 4.69) is 31.7 Å². The van der Waals surface area contributed by atoms with E-state index in [4.69, 9.17) is 10.00 Å². The first-order valence-electron chi connectivity index (χ1n) is 8.92. The summed E-state index contributed by atoms with van der Waals surface area (Å²) in [5.41, 5.74) is 4.01. The Balaban J connectivity index is 1.46. The molecule has 29 heavy (non-hydrogen) atoms. The van der Waals surface area contributed by atoms with Gasteiger partial charge in [-0.3, -0.25) is 14.8 Å². The van der Waals surface area contributed by atoms with E-state index in [9.17, 15) is 0 Å². The minimum Gasteiger partial charge on any atom is -0.437 e. The van der Waals surface area contributed by atoms with Gasteiger partial charge in [-0.1, -0.05) is 0 Å². The molecule has 0 saturated heterocycles. The number of anilines is 2. The number of pyridine rings is 1. The second kappa shape index (κ2) is 6.65. The Morgan fingerprint density at radius 1 is 1.14 bits per heavy atom. The number of nitriles is 1. The third-order valence-corrected chi connectivity index (χ3v) is 4.60. The summed E-state index contributed by atoms with van der Waals surface area (Å²) < 4.78 is 7.69. The smallest absolute Gasteiger partial charge is 0.246 e. The van der Waals surface area contributed by atoms with Gasteiger partial charge in [0, 0.05) is 18.9 Å². The highest BCUT2D eigenvalue weighted by molar-refractivity contribution is 5.91. The number of rotatable bonds is 4. The molecule has 8 heteroatoms.